The van der Waals surface area contributed by atoms with Crippen LogP contribution in [-0.4, -0.2) is 43.5 Å². The highest BCUT2D eigenvalue weighted by molar-refractivity contribution is 7.38. The monoisotopic (exact) mass is 296 g/mol. The van der Waals surface area contributed by atoms with Gasteiger partial charge in [-0.2, -0.15) is 0 Å². The minimum absolute atomic E-state index is 0.0403. The molecule has 0 fully saturated rings. The van der Waals surface area contributed by atoms with Crippen molar-refractivity contribution in [3.05, 3.63) is 0 Å². The van der Waals surface area contributed by atoms with Crippen LogP contribution < -0.4 is 5.32 Å². The van der Waals surface area contributed by atoms with Crippen molar-refractivity contribution in [2.45, 2.75) is 32.4 Å². The van der Waals surface area contributed by atoms with Gasteiger partial charge >= 0.3 is 20.1 Å². The quantitative estimate of drug-likeness (QED) is 0.372. The van der Waals surface area contributed by atoms with E-state index in [4.69, 9.17) is 4.52 Å². The number of hydrogen-bond acceptors (Lipinski definition) is 7. The lowest BCUT2D eigenvalue weighted by atomic mass is 10.3. The largest absolute Gasteiger partial charge is 0.504 e. The van der Waals surface area contributed by atoms with E-state index in [2.05, 4.69) is 14.8 Å². The van der Waals surface area contributed by atoms with E-state index in [0.717, 1.165) is 0 Å². The minimum atomic E-state index is -1.73. The smallest absolute Gasteiger partial charge is 0.428 e. The number of nitrogens with one attached hydrogen (secondary N) is 1. The summed E-state index contributed by atoms with van der Waals surface area (Å²) in [5.41, 5.74) is 0. The molecule has 0 aliphatic rings. The molecular weight excluding hydrogens is 277 g/mol. The Hall–Kier alpha value is -1.24. The zero-order chi connectivity index (χ0) is 14.7. The normalized spacial score (nSPS) is 12.5. The molecule has 2 atom stereocenters. The number of carbonyl (C=O) groups is 2. The number of aliphatic hydroxyl groups is 1. The first-order chi connectivity index (χ1) is 8.95. The summed E-state index contributed by atoms with van der Waals surface area (Å²) < 4.78 is 24.4. The predicted molar refractivity (Wildman–Crippen MR) is 65.6 cm³/mol. The zero-order valence-corrected chi connectivity index (χ0v) is 11.9. The first-order valence-electron chi connectivity index (χ1n) is 5.76. The molecule has 0 rings (SSSR count). The Kier molecular flexibility index (Phi) is 9.97. The van der Waals surface area contributed by atoms with Gasteiger partial charge in [0, 0.05) is 12.8 Å². The number of aliphatic hydroxyl groups excluding tert-OH is 1. The van der Waals surface area contributed by atoms with Gasteiger partial charge in [0.05, 0.1) is 0 Å². The topological polar surface area (TPSA) is 111 Å². The Morgan fingerprint density at radius 3 is 2.63 bits per heavy atom. The average Bonchev–Trinajstić information content (AvgIpc) is 2.28. The molecule has 0 heterocycles. The molecule has 1 amide bonds. The second-order valence-corrected chi connectivity index (χ2v) is 4.68. The molecule has 2 unspecified atom stereocenters. The molecule has 0 saturated heterocycles. The summed E-state index contributed by atoms with van der Waals surface area (Å²) in [6.07, 6.45) is -1.14. The molecule has 0 spiro atoms. The van der Waals surface area contributed by atoms with Crippen LogP contribution in [0.4, 0.5) is 4.79 Å². The van der Waals surface area contributed by atoms with Gasteiger partial charge in [0.2, 0.25) is 6.79 Å². The van der Waals surface area contributed by atoms with E-state index in [-0.39, 0.29) is 19.4 Å². The molecule has 0 bridgehead atoms. The van der Waals surface area contributed by atoms with Crippen LogP contribution in [0.3, 0.4) is 0 Å². The maximum Gasteiger partial charge on any atom is 0.504 e. The standard InChI is InChI=1S/C10H18NO7P/c1-3-4-9(13)16-7-17-10(14)11-8(12)5-6-18-19(2)15/h8,12H,3-7H2,1-2H3/p+1. The Bertz CT molecular complexity index is 310. The van der Waals surface area contributed by atoms with Gasteiger partial charge in [-0.25, -0.2) is 4.79 Å². The number of alkyl carbamates (subject to hydrolysis) is 1. The van der Waals surface area contributed by atoms with Crippen molar-refractivity contribution in [2.24, 2.45) is 0 Å². The van der Waals surface area contributed by atoms with Gasteiger partial charge in [-0.05, 0) is 11.0 Å². The SMILES string of the molecule is CCCC(=O)OCOC(=O)NC(O)CCO[P+](C)=O. The van der Waals surface area contributed by atoms with Crippen LogP contribution in [0.1, 0.15) is 26.2 Å². The van der Waals surface area contributed by atoms with E-state index < -0.39 is 33.1 Å². The summed E-state index contributed by atoms with van der Waals surface area (Å²) >= 11 is 0. The molecule has 0 aromatic carbocycles. The summed E-state index contributed by atoms with van der Waals surface area (Å²) in [5, 5.41) is 11.4. The number of esters is 1. The fourth-order valence-electron chi connectivity index (χ4n) is 0.968. The maximum atomic E-state index is 11.1. The Morgan fingerprint density at radius 1 is 1.37 bits per heavy atom. The number of carbonyl (C=O) groups excluding carboxylic acids is 2. The van der Waals surface area contributed by atoms with Gasteiger partial charge in [-0.15, -0.1) is 4.52 Å². The van der Waals surface area contributed by atoms with Crippen LogP contribution in [0.2, 0.25) is 0 Å². The highest BCUT2D eigenvalue weighted by Gasteiger charge is 2.13. The number of rotatable bonds is 9. The van der Waals surface area contributed by atoms with E-state index in [1.54, 1.807) is 0 Å². The van der Waals surface area contributed by atoms with Gasteiger partial charge in [-0.1, -0.05) is 6.92 Å². The van der Waals surface area contributed by atoms with Crippen molar-refractivity contribution in [3.63, 3.8) is 0 Å². The van der Waals surface area contributed by atoms with Gasteiger partial charge in [0.25, 0.3) is 0 Å². The van der Waals surface area contributed by atoms with Crippen molar-refractivity contribution >= 4 is 20.1 Å². The van der Waals surface area contributed by atoms with Gasteiger partial charge in [-0.3, -0.25) is 10.1 Å². The molecule has 0 aliphatic heterocycles. The predicted octanol–water partition coefficient (Wildman–Crippen LogP) is 1.11. The van der Waals surface area contributed by atoms with Crippen molar-refractivity contribution in [1.82, 2.24) is 5.32 Å². The molecule has 19 heavy (non-hydrogen) atoms. The lowest BCUT2D eigenvalue weighted by molar-refractivity contribution is -0.151. The Labute approximate surface area is 112 Å². The number of ether oxygens (including phenoxy) is 2. The van der Waals surface area contributed by atoms with E-state index >= 15 is 0 Å². The third-order valence-corrected chi connectivity index (χ3v) is 2.36. The van der Waals surface area contributed by atoms with Crippen LogP contribution in [0.15, 0.2) is 0 Å². The summed E-state index contributed by atoms with van der Waals surface area (Å²) in [4.78, 5) is 22.0. The number of amides is 1. The summed E-state index contributed by atoms with van der Waals surface area (Å²) in [6, 6.07) is 0. The molecule has 0 aromatic rings. The second kappa shape index (κ2) is 10.7. The lowest BCUT2D eigenvalue weighted by Crippen LogP contribution is -2.36. The van der Waals surface area contributed by atoms with Gasteiger partial charge < -0.3 is 14.6 Å². The van der Waals surface area contributed by atoms with E-state index in [9.17, 15) is 19.3 Å². The van der Waals surface area contributed by atoms with Crippen LogP contribution in [-0.2, 0) is 23.4 Å². The highest BCUT2D eigenvalue weighted by Crippen LogP contribution is 2.15. The Balaban J connectivity index is 3.62. The van der Waals surface area contributed by atoms with Crippen molar-refractivity contribution in [2.75, 3.05) is 20.1 Å². The fraction of sp³-hybridized carbons (Fsp3) is 0.800. The second-order valence-electron chi connectivity index (χ2n) is 3.54. The van der Waals surface area contributed by atoms with Crippen molar-refractivity contribution in [1.29, 1.82) is 0 Å². The number of hydrogen-bond donors (Lipinski definition) is 2. The summed E-state index contributed by atoms with van der Waals surface area (Å²) in [6.45, 7) is 2.73. The molecule has 0 radical (unpaired) electrons. The Morgan fingerprint density at radius 2 is 2.05 bits per heavy atom. The van der Waals surface area contributed by atoms with Crippen LogP contribution in [0, 0.1) is 0 Å². The fourth-order valence-corrected chi connectivity index (χ4v) is 1.33. The van der Waals surface area contributed by atoms with E-state index in [1.807, 2.05) is 6.92 Å². The lowest BCUT2D eigenvalue weighted by Gasteiger charge is -2.11. The van der Waals surface area contributed by atoms with Crippen LogP contribution in [0.5, 0.6) is 0 Å². The molecular formula is C10H19NO7P+. The van der Waals surface area contributed by atoms with Crippen molar-refractivity contribution in [3.8, 4) is 0 Å². The molecule has 9 heteroatoms. The molecule has 0 aromatic heterocycles. The molecule has 0 saturated carbocycles. The third kappa shape index (κ3) is 11.6. The highest BCUT2D eigenvalue weighted by atomic mass is 31.1. The zero-order valence-electron chi connectivity index (χ0n) is 11.0. The van der Waals surface area contributed by atoms with Gasteiger partial charge in [0.15, 0.2) is 6.66 Å². The van der Waals surface area contributed by atoms with E-state index in [1.165, 1.54) is 6.66 Å². The molecule has 2 N–H and O–H groups in total. The maximum absolute atomic E-state index is 11.1. The average molecular weight is 296 g/mol. The minimum Gasteiger partial charge on any atom is -0.428 e. The van der Waals surface area contributed by atoms with Crippen molar-refractivity contribution < 1.29 is 33.3 Å². The first-order valence-corrected chi connectivity index (χ1v) is 7.39. The van der Waals surface area contributed by atoms with Crippen LogP contribution >= 0.6 is 8.03 Å². The van der Waals surface area contributed by atoms with E-state index in [0.29, 0.717) is 6.42 Å². The molecule has 110 valence electrons. The third-order valence-electron chi connectivity index (χ3n) is 1.81. The van der Waals surface area contributed by atoms with Gasteiger partial charge in [0.1, 0.15) is 12.8 Å². The van der Waals surface area contributed by atoms with Crippen LogP contribution in [0.25, 0.3) is 0 Å². The first kappa shape index (κ1) is 17.8. The molecule has 8 nitrogen and oxygen atoms in total. The summed E-state index contributed by atoms with van der Waals surface area (Å²) in [5.74, 6) is -0.462. The molecule has 0 aliphatic carbocycles. The summed E-state index contributed by atoms with van der Waals surface area (Å²) in [7, 11) is -1.73.